The summed E-state index contributed by atoms with van der Waals surface area (Å²) in [6, 6.07) is 50.9. The highest BCUT2D eigenvalue weighted by molar-refractivity contribution is 7.26. The third-order valence-electron chi connectivity index (χ3n) is 11.1. The molecule has 0 radical (unpaired) electrons. The Kier molecular flexibility index (Phi) is 6.56. The topological polar surface area (TPSA) is 61.0 Å². The Labute approximate surface area is 319 Å². The fraction of sp³-hybridized carbons (Fsp3) is 0.0408. The van der Waals surface area contributed by atoms with Crippen LogP contribution in [0.2, 0.25) is 0 Å². The number of ether oxygens (including phenoxy) is 1. The normalized spacial score (nSPS) is 16.2. The number of fused-ring (bicyclic) bond motifs is 10. The van der Waals surface area contributed by atoms with Crippen LogP contribution in [0, 0.1) is 0 Å². The van der Waals surface area contributed by atoms with Crippen LogP contribution in [0.15, 0.2) is 168 Å². The van der Waals surface area contributed by atoms with Gasteiger partial charge in [0.2, 0.25) is 0 Å². The summed E-state index contributed by atoms with van der Waals surface area (Å²) in [5.41, 5.74) is 7.84. The number of aromatic nitrogens is 3. The van der Waals surface area contributed by atoms with Gasteiger partial charge in [0.15, 0.2) is 17.5 Å². The number of allylic oxidation sites excluding steroid dienone is 2. The highest BCUT2D eigenvalue weighted by Gasteiger charge is 2.39. The molecule has 0 spiro atoms. The summed E-state index contributed by atoms with van der Waals surface area (Å²) in [6.07, 6.45) is 6.16. The maximum absolute atomic E-state index is 6.76. The molecule has 0 fully saturated rings. The molecule has 1 aliphatic carbocycles. The van der Waals surface area contributed by atoms with Crippen molar-refractivity contribution in [3.63, 3.8) is 0 Å². The van der Waals surface area contributed by atoms with Gasteiger partial charge >= 0.3 is 0 Å². The second kappa shape index (κ2) is 11.8. The predicted octanol–water partition coefficient (Wildman–Crippen LogP) is 12.8. The Morgan fingerprint density at radius 1 is 0.545 bits per heavy atom. The Hall–Kier alpha value is -6.89. The lowest BCUT2D eigenvalue weighted by Gasteiger charge is -2.22. The van der Waals surface area contributed by atoms with Crippen LogP contribution in [0.1, 0.15) is 17.3 Å². The quantitative estimate of drug-likeness (QED) is 0.181. The number of rotatable bonds is 4. The zero-order chi connectivity index (χ0) is 36.0. The van der Waals surface area contributed by atoms with Crippen molar-refractivity contribution in [3.05, 3.63) is 175 Å². The molecule has 0 saturated carbocycles. The first-order chi connectivity index (χ1) is 27.2. The minimum atomic E-state index is -0.189. The van der Waals surface area contributed by atoms with Crippen molar-refractivity contribution in [2.45, 2.75) is 12.0 Å². The molecule has 7 aromatic carbocycles. The number of hydrogen-bond donors (Lipinski definition) is 0. The fourth-order valence-electron chi connectivity index (χ4n) is 8.60. The Morgan fingerprint density at radius 2 is 1.24 bits per heavy atom. The molecule has 0 saturated heterocycles. The lowest BCUT2D eigenvalue weighted by Crippen LogP contribution is -2.20. The van der Waals surface area contributed by atoms with E-state index < -0.39 is 0 Å². The molecule has 1 aliphatic heterocycles. The molecular weight excluding hydrogens is 695 g/mol. The molecule has 0 amide bonds. The number of para-hydroxylation sites is 2. The van der Waals surface area contributed by atoms with E-state index in [0.717, 1.165) is 66.3 Å². The van der Waals surface area contributed by atoms with Gasteiger partial charge in [0.25, 0.3) is 0 Å². The van der Waals surface area contributed by atoms with Crippen molar-refractivity contribution >= 4 is 69.8 Å². The second-order valence-electron chi connectivity index (χ2n) is 14.2. The molecule has 2 atom stereocenters. The second-order valence-corrected chi connectivity index (χ2v) is 15.3. The first-order valence-corrected chi connectivity index (χ1v) is 19.3. The first-order valence-electron chi connectivity index (χ1n) is 18.5. The van der Waals surface area contributed by atoms with E-state index in [1.807, 2.05) is 35.6 Å². The summed E-state index contributed by atoms with van der Waals surface area (Å²) in [5.74, 6) is 2.60. The van der Waals surface area contributed by atoms with E-state index in [1.54, 1.807) is 0 Å². The van der Waals surface area contributed by atoms with Gasteiger partial charge in [-0.2, -0.15) is 0 Å². The lowest BCUT2D eigenvalue weighted by atomic mass is 9.83. The number of benzene rings is 7. The van der Waals surface area contributed by atoms with E-state index in [0.29, 0.717) is 17.5 Å². The van der Waals surface area contributed by atoms with Gasteiger partial charge in [-0.05, 0) is 52.2 Å². The number of nitrogens with zero attached hydrogens (tertiary/aromatic N) is 3. The average Bonchev–Trinajstić information content (AvgIpc) is 3.94. The van der Waals surface area contributed by atoms with E-state index in [9.17, 15) is 0 Å². The SMILES string of the molecule is C1=CC2Oc3cc(-c4cccc5c4sc4ccccc45)ccc3C2C(c2nc(-c3cccc4ccccc34)nc(-c3cccc4c3oc3ccccc34)n2)=C1. The fourth-order valence-corrected chi connectivity index (χ4v) is 9.84. The summed E-state index contributed by atoms with van der Waals surface area (Å²) in [5, 5.41) is 6.89. The van der Waals surface area contributed by atoms with Crippen LogP contribution >= 0.6 is 11.3 Å². The average molecular weight is 724 g/mol. The van der Waals surface area contributed by atoms with Crippen LogP contribution in [0.3, 0.4) is 0 Å². The monoisotopic (exact) mass is 723 g/mol. The van der Waals surface area contributed by atoms with Crippen molar-refractivity contribution in [2.75, 3.05) is 0 Å². The van der Waals surface area contributed by atoms with E-state index in [-0.39, 0.29) is 12.0 Å². The predicted molar refractivity (Wildman–Crippen MR) is 225 cm³/mol. The van der Waals surface area contributed by atoms with E-state index in [2.05, 4.69) is 140 Å². The Morgan fingerprint density at radius 3 is 2.16 bits per heavy atom. The van der Waals surface area contributed by atoms with Gasteiger partial charge in [0.05, 0.1) is 11.5 Å². The molecule has 4 heterocycles. The Balaban J connectivity index is 1.02. The largest absolute Gasteiger partial charge is 0.485 e. The summed E-state index contributed by atoms with van der Waals surface area (Å²) in [4.78, 5) is 15.7. The summed E-state index contributed by atoms with van der Waals surface area (Å²) < 4.78 is 15.9. The van der Waals surface area contributed by atoms with Crippen LogP contribution in [-0.4, -0.2) is 21.1 Å². The summed E-state index contributed by atoms with van der Waals surface area (Å²) >= 11 is 1.85. The maximum atomic E-state index is 6.76. The van der Waals surface area contributed by atoms with Gasteiger partial charge in [-0.1, -0.05) is 133 Å². The molecule has 2 unspecified atom stereocenters. The molecule has 0 bridgehead atoms. The van der Waals surface area contributed by atoms with Crippen molar-refractivity contribution < 1.29 is 9.15 Å². The van der Waals surface area contributed by atoms with Crippen molar-refractivity contribution in [2.24, 2.45) is 0 Å². The minimum absolute atomic E-state index is 0.0909. The molecule has 2 aliphatic rings. The minimum Gasteiger partial charge on any atom is -0.485 e. The van der Waals surface area contributed by atoms with Crippen LogP contribution in [-0.2, 0) is 0 Å². The van der Waals surface area contributed by atoms with E-state index >= 15 is 0 Å². The summed E-state index contributed by atoms with van der Waals surface area (Å²) in [6.45, 7) is 0. The third kappa shape index (κ3) is 4.68. The molecule has 258 valence electrons. The van der Waals surface area contributed by atoms with E-state index in [1.165, 1.54) is 25.7 Å². The Bertz CT molecular complexity index is 3280. The zero-order valence-corrected chi connectivity index (χ0v) is 30.1. The molecule has 10 aromatic rings. The van der Waals surface area contributed by atoms with Crippen molar-refractivity contribution in [1.29, 1.82) is 0 Å². The van der Waals surface area contributed by atoms with Crippen LogP contribution in [0.4, 0.5) is 0 Å². The summed E-state index contributed by atoms with van der Waals surface area (Å²) in [7, 11) is 0. The highest BCUT2D eigenvalue weighted by atomic mass is 32.1. The van der Waals surface area contributed by atoms with Gasteiger partial charge in [-0.3, -0.25) is 0 Å². The van der Waals surface area contributed by atoms with E-state index in [4.69, 9.17) is 24.1 Å². The third-order valence-corrected chi connectivity index (χ3v) is 12.4. The van der Waals surface area contributed by atoms with Gasteiger partial charge in [-0.15, -0.1) is 11.3 Å². The molecule has 3 aromatic heterocycles. The number of thiophene rings is 1. The smallest absolute Gasteiger partial charge is 0.167 e. The highest BCUT2D eigenvalue weighted by Crippen LogP contribution is 2.50. The number of hydrogen-bond acceptors (Lipinski definition) is 6. The van der Waals surface area contributed by atoms with Crippen LogP contribution in [0.5, 0.6) is 5.75 Å². The van der Waals surface area contributed by atoms with Crippen molar-refractivity contribution in [3.8, 4) is 39.7 Å². The van der Waals surface area contributed by atoms with Gasteiger partial charge < -0.3 is 9.15 Å². The van der Waals surface area contributed by atoms with Gasteiger partial charge in [0.1, 0.15) is 23.0 Å². The molecular formula is C49H29N3O2S. The standard InChI is InChI=1S/C49H29N3O2S/c1-2-13-30-28(11-1)12-7-19-36(30)47-50-48(52-49(51-47)39-21-9-17-34-32-14-3-5-22-40(32)54-45(34)39)38-20-10-23-41-44(38)37-26-25-29(27-42(37)53-41)31-16-8-18-35-33-15-4-6-24-43(33)55-46(31)35/h1-27,41,44H. The van der Waals surface area contributed by atoms with Crippen LogP contribution < -0.4 is 4.74 Å². The molecule has 12 rings (SSSR count). The van der Waals surface area contributed by atoms with Crippen molar-refractivity contribution in [1.82, 2.24) is 15.0 Å². The molecule has 55 heavy (non-hydrogen) atoms. The van der Waals surface area contributed by atoms with Gasteiger partial charge in [-0.25, -0.2) is 15.0 Å². The molecule has 6 heteroatoms. The maximum Gasteiger partial charge on any atom is 0.167 e. The van der Waals surface area contributed by atoms with Crippen LogP contribution in [0.25, 0.3) is 92.4 Å². The zero-order valence-electron chi connectivity index (χ0n) is 29.3. The lowest BCUT2D eigenvalue weighted by molar-refractivity contribution is 0.271. The molecule has 0 N–H and O–H groups in total. The number of furan rings is 1. The first kappa shape index (κ1) is 30.6. The molecule has 5 nitrogen and oxygen atoms in total. The van der Waals surface area contributed by atoms with Gasteiger partial charge in [0, 0.05) is 47.6 Å².